The van der Waals surface area contributed by atoms with Crippen LogP contribution < -0.4 is 0 Å². The van der Waals surface area contributed by atoms with E-state index in [1.807, 2.05) is 0 Å². The molecule has 0 aromatic heterocycles. The highest BCUT2D eigenvalue weighted by atomic mass is 16.5. The van der Waals surface area contributed by atoms with Gasteiger partial charge in [0.25, 0.3) is 0 Å². The van der Waals surface area contributed by atoms with Crippen molar-refractivity contribution in [1.29, 1.82) is 0 Å². The van der Waals surface area contributed by atoms with E-state index in [9.17, 15) is 0 Å². The topological polar surface area (TPSA) is 21.6 Å². The van der Waals surface area contributed by atoms with Crippen LogP contribution in [0.3, 0.4) is 0 Å². The van der Waals surface area contributed by atoms with Gasteiger partial charge in [0.1, 0.15) is 6.61 Å². The molecule has 0 amide bonds. The summed E-state index contributed by atoms with van der Waals surface area (Å²) in [5.74, 6) is 0. The summed E-state index contributed by atoms with van der Waals surface area (Å²) in [6.45, 7) is 1.62. The summed E-state index contributed by atoms with van der Waals surface area (Å²) in [7, 11) is 0. The molecule has 0 aliphatic carbocycles. The van der Waals surface area contributed by atoms with E-state index in [-0.39, 0.29) is 0 Å². The third-order valence-electron chi connectivity index (χ3n) is 4.36. The molecule has 5 rings (SSSR count). The summed E-state index contributed by atoms with van der Waals surface area (Å²) < 4.78 is 4.65. The molecule has 0 unspecified atom stereocenters. The fourth-order valence-corrected chi connectivity index (χ4v) is 3.18. The Morgan fingerprint density at radius 2 is 1.12 bits per heavy atom. The van der Waals surface area contributed by atoms with Gasteiger partial charge in [-0.15, -0.1) is 0 Å². The number of benzene rings is 4. The van der Waals surface area contributed by atoms with Crippen LogP contribution >= 0.6 is 0 Å². The predicted octanol–water partition coefficient (Wildman–Crippen LogP) is 5.70. The van der Waals surface area contributed by atoms with Crippen molar-refractivity contribution in [3.8, 4) is 11.1 Å². The molecular formula is C23H19NO. The second-order valence-corrected chi connectivity index (χ2v) is 5.94. The first-order valence-corrected chi connectivity index (χ1v) is 8.49. The molecule has 0 saturated carbocycles. The van der Waals surface area contributed by atoms with Crippen molar-refractivity contribution in [2.75, 3.05) is 13.2 Å². The van der Waals surface area contributed by atoms with E-state index in [0.29, 0.717) is 0 Å². The Morgan fingerprint density at radius 1 is 0.600 bits per heavy atom. The number of nitrogens with zero attached hydrogens (tertiary/aromatic N) is 1. The van der Waals surface area contributed by atoms with Crippen LogP contribution in [-0.2, 0) is 4.74 Å². The molecule has 2 nitrogen and oxygen atoms in total. The zero-order valence-electron chi connectivity index (χ0n) is 13.9. The number of hydrogen-bond donors (Lipinski definition) is 0. The molecule has 2 heteroatoms. The van der Waals surface area contributed by atoms with Crippen LogP contribution in [0.15, 0.2) is 89.9 Å². The van der Waals surface area contributed by atoms with Gasteiger partial charge in [-0.25, -0.2) is 0 Å². The van der Waals surface area contributed by atoms with E-state index >= 15 is 0 Å². The lowest BCUT2D eigenvalue weighted by Gasteiger charge is -2.10. The van der Waals surface area contributed by atoms with Gasteiger partial charge in [-0.05, 0) is 32.7 Å². The third kappa shape index (κ3) is 3.24. The van der Waals surface area contributed by atoms with E-state index in [1.165, 1.54) is 39.1 Å². The first-order valence-electron chi connectivity index (χ1n) is 8.49. The Balaban J connectivity index is 0.000000272. The molecule has 25 heavy (non-hydrogen) atoms. The van der Waals surface area contributed by atoms with Gasteiger partial charge in [0.15, 0.2) is 6.40 Å². The smallest absolute Gasteiger partial charge is 0.169 e. The minimum absolute atomic E-state index is 0.778. The summed E-state index contributed by atoms with van der Waals surface area (Å²) >= 11 is 0. The molecular weight excluding hydrogens is 306 g/mol. The average Bonchev–Trinajstić information content (AvgIpc) is 3.27. The molecule has 0 radical (unpaired) electrons. The highest BCUT2D eigenvalue weighted by Crippen LogP contribution is 2.33. The highest BCUT2D eigenvalue weighted by Gasteiger charge is 2.06. The minimum atomic E-state index is 0.778. The predicted molar refractivity (Wildman–Crippen MR) is 106 cm³/mol. The monoisotopic (exact) mass is 325 g/mol. The van der Waals surface area contributed by atoms with Crippen LogP contribution in [0.2, 0.25) is 0 Å². The average molecular weight is 325 g/mol. The van der Waals surface area contributed by atoms with E-state index in [0.717, 1.165) is 13.2 Å². The Hall–Kier alpha value is -3.13. The number of ether oxygens (including phenoxy) is 1. The van der Waals surface area contributed by atoms with Crippen LogP contribution in [0.4, 0.5) is 0 Å². The summed E-state index contributed by atoms with van der Waals surface area (Å²) in [6.07, 6.45) is 1.49. The van der Waals surface area contributed by atoms with Gasteiger partial charge in [-0.1, -0.05) is 84.9 Å². The van der Waals surface area contributed by atoms with Crippen molar-refractivity contribution in [3.05, 3.63) is 84.9 Å². The fourth-order valence-electron chi connectivity index (χ4n) is 3.18. The van der Waals surface area contributed by atoms with E-state index in [2.05, 4.69) is 94.7 Å². The van der Waals surface area contributed by atoms with E-state index in [1.54, 1.807) is 0 Å². The number of hydrogen-bond acceptors (Lipinski definition) is 2. The van der Waals surface area contributed by atoms with Gasteiger partial charge in [0.05, 0.1) is 6.54 Å². The third-order valence-corrected chi connectivity index (χ3v) is 4.36. The Labute approximate surface area is 147 Å². The van der Waals surface area contributed by atoms with Crippen molar-refractivity contribution in [3.63, 3.8) is 0 Å². The number of fused-ring (bicyclic) bond motifs is 2. The van der Waals surface area contributed by atoms with Crippen LogP contribution in [-0.4, -0.2) is 19.6 Å². The van der Waals surface area contributed by atoms with E-state index in [4.69, 9.17) is 0 Å². The Bertz CT molecular complexity index is 942. The summed E-state index contributed by atoms with van der Waals surface area (Å²) in [5.41, 5.74) is 2.61. The molecule has 1 aliphatic heterocycles. The van der Waals surface area contributed by atoms with Gasteiger partial charge >= 0.3 is 0 Å². The molecule has 4 aromatic carbocycles. The summed E-state index contributed by atoms with van der Waals surface area (Å²) in [4.78, 5) is 3.74. The lowest BCUT2D eigenvalue weighted by molar-refractivity contribution is 0.361. The zero-order valence-corrected chi connectivity index (χ0v) is 13.9. The van der Waals surface area contributed by atoms with Gasteiger partial charge in [-0.2, -0.15) is 0 Å². The number of rotatable bonds is 1. The summed E-state index contributed by atoms with van der Waals surface area (Å²) in [5, 5.41) is 5.20. The second kappa shape index (κ2) is 7.18. The van der Waals surface area contributed by atoms with E-state index < -0.39 is 0 Å². The van der Waals surface area contributed by atoms with Gasteiger partial charge < -0.3 is 4.74 Å². The molecule has 4 aromatic rings. The van der Waals surface area contributed by atoms with Crippen molar-refractivity contribution in [2.24, 2.45) is 4.99 Å². The maximum Gasteiger partial charge on any atom is 0.169 e. The molecule has 0 atom stereocenters. The standard InChI is InChI=1S/C20H14.C3H5NO/c1-3-11-17-15(7-1)9-5-13-19(17)20-14-6-10-16-8-2-4-12-18(16)20;1-2-5-3-4-1/h1-14H;3H,1-2H2. The van der Waals surface area contributed by atoms with Crippen molar-refractivity contribution < 1.29 is 4.74 Å². The zero-order chi connectivity index (χ0) is 16.9. The highest BCUT2D eigenvalue weighted by molar-refractivity contribution is 6.05. The molecule has 0 saturated heterocycles. The van der Waals surface area contributed by atoms with Crippen LogP contribution in [0, 0.1) is 0 Å². The molecule has 1 heterocycles. The Morgan fingerprint density at radius 3 is 1.56 bits per heavy atom. The Kier molecular flexibility index (Phi) is 4.42. The van der Waals surface area contributed by atoms with Gasteiger partial charge in [0.2, 0.25) is 0 Å². The largest absolute Gasteiger partial charge is 0.482 e. The molecule has 1 aliphatic rings. The molecule has 0 N–H and O–H groups in total. The van der Waals surface area contributed by atoms with Crippen molar-refractivity contribution in [1.82, 2.24) is 0 Å². The van der Waals surface area contributed by atoms with Crippen LogP contribution in [0.1, 0.15) is 0 Å². The van der Waals surface area contributed by atoms with Gasteiger partial charge in [-0.3, -0.25) is 4.99 Å². The molecule has 0 bridgehead atoms. The molecule has 0 fully saturated rings. The van der Waals surface area contributed by atoms with Gasteiger partial charge in [0, 0.05) is 0 Å². The maximum absolute atomic E-state index is 4.65. The minimum Gasteiger partial charge on any atom is -0.482 e. The fraction of sp³-hybridized carbons (Fsp3) is 0.0870. The van der Waals surface area contributed by atoms with Crippen molar-refractivity contribution in [2.45, 2.75) is 0 Å². The van der Waals surface area contributed by atoms with Crippen LogP contribution in [0.25, 0.3) is 32.7 Å². The SMILES string of the molecule is C1=NCCO1.c1ccc2c(-c3cccc4ccccc34)cccc2c1. The van der Waals surface area contributed by atoms with Crippen LogP contribution in [0.5, 0.6) is 0 Å². The first kappa shape index (κ1) is 15.4. The molecule has 0 spiro atoms. The number of aliphatic imine (C=N–C) groups is 1. The quantitative estimate of drug-likeness (QED) is 0.439. The summed E-state index contributed by atoms with van der Waals surface area (Å²) in [6, 6.07) is 30.2. The second-order valence-electron chi connectivity index (χ2n) is 5.94. The maximum atomic E-state index is 4.65. The molecule has 122 valence electrons. The first-order chi connectivity index (χ1) is 12.4. The lowest BCUT2D eigenvalue weighted by Crippen LogP contribution is -1.83. The normalized spacial score (nSPS) is 12.6. The van der Waals surface area contributed by atoms with Crippen molar-refractivity contribution >= 4 is 27.9 Å². The lowest BCUT2D eigenvalue weighted by atomic mass is 9.94.